The monoisotopic (exact) mass is 392 g/mol. The summed E-state index contributed by atoms with van der Waals surface area (Å²) < 4.78 is 40.9. The van der Waals surface area contributed by atoms with Crippen LogP contribution in [0.1, 0.15) is 42.1 Å². The maximum absolute atomic E-state index is 13.1. The van der Waals surface area contributed by atoms with Gasteiger partial charge in [0.05, 0.1) is 16.8 Å². The van der Waals surface area contributed by atoms with Gasteiger partial charge in [-0.05, 0) is 36.6 Å². The van der Waals surface area contributed by atoms with Gasteiger partial charge in [-0.2, -0.15) is 18.3 Å². The highest BCUT2D eigenvalue weighted by Crippen LogP contribution is 2.59. The van der Waals surface area contributed by atoms with E-state index in [1.54, 1.807) is 47.4 Å². The Labute approximate surface area is 158 Å². The minimum atomic E-state index is -4.26. The molecule has 1 saturated carbocycles. The summed E-state index contributed by atoms with van der Waals surface area (Å²) in [5, 5.41) is 24.9. The maximum Gasteiger partial charge on any atom is 0.394 e. The van der Waals surface area contributed by atoms with Gasteiger partial charge >= 0.3 is 6.18 Å². The summed E-state index contributed by atoms with van der Waals surface area (Å²) in [6.45, 7) is 0. The Balaban J connectivity index is 1.46. The van der Waals surface area contributed by atoms with Crippen molar-refractivity contribution in [2.24, 2.45) is 5.41 Å². The van der Waals surface area contributed by atoms with Gasteiger partial charge < -0.3 is 15.2 Å². The Morgan fingerprint density at radius 2 is 1.86 bits per heavy atom. The van der Waals surface area contributed by atoms with Crippen LogP contribution in [0.15, 0.2) is 48.9 Å². The molecule has 4 rings (SSSR count). The zero-order chi connectivity index (χ0) is 19.9. The van der Waals surface area contributed by atoms with Crippen molar-refractivity contribution in [1.29, 1.82) is 0 Å². The predicted molar refractivity (Wildman–Crippen MR) is 93.5 cm³/mol. The van der Waals surface area contributed by atoms with Gasteiger partial charge in [0.25, 0.3) is 0 Å². The quantitative estimate of drug-likeness (QED) is 0.601. The van der Waals surface area contributed by atoms with E-state index in [-0.39, 0.29) is 30.8 Å². The molecule has 0 spiro atoms. The van der Waals surface area contributed by atoms with Crippen LogP contribution in [-0.4, -0.2) is 36.1 Å². The molecule has 2 atom stereocenters. The molecule has 3 N–H and O–H groups in total. The zero-order valence-electron chi connectivity index (χ0n) is 14.8. The van der Waals surface area contributed by atoms with E-state index in [0.717, 1.165) is 5.69 Å². The Morgan fingerprint density at radius 3 is 2.43 bits per heavy atom. The second-order valence-electron chi connectivity index (χ2n) is 7.16. The number of nitrogens with one attached hydrogen (secondary N) is 1. The molecule has 28 heavy (non-hydrogen) atoms. The molecule has 3 aromatic rings. The summed E-state index contributed by atoms with van der Waals surface area (Å²) in [7, 11) is 0. The first-order valence-electron chi connectivity index (χ1n) is 8.86. The second-order valence-corrected chi connectivity index (χ2v) is 7.16. The molecule has 1 aromatic carbocycles. The van der Waals surface area contributed by atoms with Crippen molar-refractivity contribution in [3.8, 4) is 5.69 Å². The second kappa shape index (κ2) is 6.75. The largest absolute Gasteiger partial charge is 0.394 e. The third-order valence-corrected chi connectivity index (χ3v) is 5.21. The zero-order valence-corrected chi connectivity index (χ0v) is 14.8. The number of benzene rings is 1. The molecular weight excluding hydrogens is 373 g/mol. The molecule has 0 saturated heterocycles. The summed E-state index contributed by atoms with van der Waals surface area (Å²) in [6.07, 6.45) is -2.19. The number of H-pyrrole nitrogens is 1. The first kappa shape index (κ1) is 18.7. The number of hydrogen-bond acceptors (Lipinski definition) is 4. The standard InChI is InChI=1S/C19H19F3N4O2/c20-19(21,22)18(6-7-18)10-13-11-23-17(25-13)16(28)15(27)12-2-4-14(5-3-12)26-9-1-8-24-26/h1-5,8-9,11,15-16,27-28H,6-7,10H2,(H,23,25)/t15-,16-/m1/s1. The topological polar surface area (TPSA) is 87.0 Å². The minimum Gasteiger partial charge on any atom is -0.385 e. The Morgan fingerprint density at radius 1 is 1.14 bits per heavy atom. The van der Waals surface area contributed by atoms with E-state index in [2.05, 4.69) is 15.1 Å². The Hall–Kier alpha value is -2.65. The maximum atomic E-state index is 13.1. The number of nitrogens with zero attached hydrogens (tertiary/aromatic N) is 3. The number of rotatable bonds is 6. The lowest BCUT2D eigenvalue weighted by Crippen LogP contribution is -2.26. The Bertz CT molecular complexity index is 931. The van der Waals surface area contributed by atoms with E-state index in [9.17, 15) is 23.4 Å². The summed E-state index contributed by atoms with van der Waals surface area (Å²) >= 11 is 0. The molecule has 1 aliphatic rings. The van der Waals surface area contributed by atoms with Crippen LogP contribution in [0, 0.1) is 5.41 Å². The number of aromatic nitrogens is 4. The number of halogens is 3. The number of imidazole rings is 1. The lowest BCUT2D eigenvalue weighted by molar-refractivity contribution is -0.186. The van der Waals surface area contributed by atoms with Gasteiger partial charge in [0, 0.05) is 25.0 Å². The fourth-order valence-corrected chi connectivity index (χ4v) is 3.25. The number of aliphatic hydroxyl groups excluding tert-OH is 2. The van der Waals surface area contributed by atoms with Crippen molar-refractivity contribution in [3.05, 3.63) is 66.0 Å². The highest BCUT2D eigenvalue weighted by Gasteiger charge is 2.63. The molecule has 6 nitrogen and oxygen atoms in total. The highest BCUT2D eigenvalue weighted by atomic mass is 19.4. The average Bonchev–Trinajstić information content (AvgIpc) is 3.09. The van der Waals surface area contributed by atoms with Gasteiger partial charge in [0.2, 0.25) is 0 Å². The molecule has 1 aliphatic carbocycles. The SMILES string of the molecule is O[C@H](c1ccc(-n2cccn2)cc1)[C@@H](O)c1nc(CC2(C(F)(F)F)CC2)c[nH]1. The molecule has 1 fully saturated rings. The van der Waals surface area contributed by atoms with Gasteiger partial charge in [-0.15, -0.1) is 0 Å². The van der Waals surface area contributed by atoms with Crippen LogP contribution in [0.3, 0.4) is 0 Å². The van der Waals surface area contributed by atoms with E-state index in [1.165, 1.54) is 6.20 Å². The smallest absolute Gasteiger partial charge is 0.385 e. The summed E-state index contributed by atoms with van der Waals surface area (Å²) in [6, 6.07) is 8.57. The van der Waals surface area contributed by atoms with Crippen molar-refractivity contribution >= 4 is 0 Å². The average molecular weight is 392 g/mol. The molecule has 0 radical (unpaired) electrons. The first-order chi connectivity index (χ1) is 13.3. The predicted octanol–water partition coefficient (Wildman–Crippen LogP) is 3.25. The molecular formula is C19H19F3N4O2. The van der Waals surface area contributed by atoms with Crippen molar-refractivity contribution < 1.29 is 23.4 Å². The van der Waals surface area contributed by atoms with Crippen LogP contribution in [-0.2, 0) is 6.42 Å². The molecule has 0 amide bonds. The van der Waals surface area contributed by atoms with E-state index in [0.29, 0.717) is 5.56 Å². The van der Waals surface area contributed by atoms with Gasteiger partial charge in [0.15, 0.2) is 0 Å². The molecule has 2 aromatic heterocycles. The Kier molecular flexibility index (Phi) is 4.51. The van der Waals surface area contributed by atoms with Crippen LogP contribution >= 0.6 is 0 Å². The molecule has 0 aliphatic heterocycles. The van der Waals surface area contributed by atoms with Crippen LogP contribution < -0.4 is 0 Å². The van der Waals surface area contributed by atoms with Crippen molar-refractivity contribution in [3.63, 3.8) is 0 Å². The van der Waals surface area contributed by atoms with E-state index >= 15 is 0 Å². The fraction of sp³-hybridized carbons (Fsp3) is 0.368. The van der Waals surface area contributed by atoms with Crippen LogP contribution in [0.25, 0.3) is 5.69 Å². The van der Waals surface area contributed by atoms with Crippen LogP contribution in [0.5, 0.6) is 0 Å². The third-order valence-electron chi connectivity index (χ3n) is 5.21. The van der Waals surface area contributed by atoms with E-state index in [4.69, 9.17) is 0 Å². The van der Waals surface area contributed by atoms with Crippen LogP contribution in [0.2, 0.25) is 0 Å². The third kappa shape index (κ3) is 3.43. The lowest BCUT2D eigenvalue weighted by atomic mass is 10.00. The molecule has 2 heterocycles. The molecule has 148 valence electrons. The van der Waals surface area contributed by atoms with Crippen molar-refractivity contribution in [1.82, 2.24) is 19.7 Å². The first-order valence-corrected chi connectivity index (χ1v) is 8.86. The van der Waals surface area contributed by atoms with Gasteiger partial charge in [0.1, 0.15) is 18.0 Å². The van der Waals surface area contributed by atoms with Gasteiger partial charge in [-0.1, -0.05) is 12.1 Å². The highest BCUT2D eigenvalue weighted by molar-refractivity contribution is 5.35. The molecule has 9 heteroatoms. The van der Waals surface area contributed by atoms with E-state index in [1.807, 2.05) is 0 Å². The lowest BCUT2D eigenvalue weighted by Gasteiger charge is -2.18. The number of aliphatic hydroxyl groups is 2. The fourth-order valence-electron chi connectivity index (χ4n) is 3.25. The molecule has 0 unspecified atom stereocenters. The summed E-state index contributed by atoms with van der Waals surface area (Å²) in [5.74, 6) is 0.0385. The minimum absolute atomic E-state index is 0.0385. The normalized spacial score (nSPS) is 18.0. The number of aromatic amines is 1. The van der Waals surface area contributed by atoms with Crippen LogP contribution in [0.4, 0.5) is 13.2 Å². The van der Waals surface area contributed by atoms with Crippen molar-refractivity contribution in [2.45, 2.75) is 37.6 Å². The number of alkyl halides is 3. The summed E-state index contributed by atoms with van der Waals surface area (Å²) in [4.78, 5) is 6.76. The van der Waals surface area contributed by atoms with Crippen molar-refractivity contribution in [2.75, 3.05) is 0 Å². The summed E-state index contributed by atoms with van der Waals surface area (Å²) in [5.41, 5.74) is -0.233. The van der Waals surface area contributed by atoms with Gasteiger partial charge in [-0.3, -0.25) is 0 Å². The molecule has 0 bridgehead atoms. The van der Waals surface area contributed by atoms with E-state index < -0.39 is 23.8 Å². The number of hydrogen-bond donors (Lipinski definition) is 3. The van der Waals surface area contributed by atoms with Gasteiger partial charge in [-0.25, -0.2) is 9.67 Å².